The second kappa shape index (κ2) is 15.6. The largest absolute Gasteiger partial charge is 0.507 e. The number of hydrogen-bond acceptors (Lipinski definition) is 9. The number of carbonyl (C=O) groups is 1. The number of hydrogen-bond donors (Lipinski definition) is 3. The van der Waals surface area contributed by atoms with E-state index < -0.39 is 17.7 Å². The number of phenolic OH excluding ortho intramolecular Hbond substituents is 2. The molecule has 3 N–H and O–H groups in total. The summed E-state index contributed by atoms with van der Waals surface area (Å²) in [6.07, 6.45) is -0.556. The Morgan fingerprint density at radius 2 is 1.26 bits per heavy atom. The van der Waals surface area contributed by atoms with Gasteiger partial charge in [-0.3, -0.25) is 4.79 Å². The number of nitrogens with zero attached hydrogens (tertiary/aromatic N) is 6. The van der Waals surface area contributed by atoms with Crippen LogP contribution in [0, 0.1) is 31.4 Å². The van der Waals surface area contributed by atoms with Crippen molar-refractivity contribution in [1.82, 2.24) is 24.8 Å². The molecular formula is C40H39ClF2N6O4. The molecule has 4 aromatic carbocycles. The average Bonchev–Trinajstić information content (AvgIpc) is 3.10. The first-order chi connectivity index (χ1) is 25.3. The van der Waals surface area contributed by atoms with Crippen LogP contribution in [0.3, 0.4) is 0 Å². The highest BCUT2D eigenvalue weighted by Gasteiger charge is 2.28. The number of carbonyl (C=O) groups excluding carboxylic acids is 1. The van der Waals surface area contributed by atoms with Crippen molar-refractivity contribution in [2.45, 2.75) is 40.2 Å². The van der Waals surface area contributed by atoms with E-state index in [2.05, 4.69) is 19.9 Å². The molecule has 1 aliphatic rings. The van der Waals surface area contributed by atoms with Crippen molar-refractivity contribution < 1.29 is 28.9 Å². The SMILES string of the molecule is Cc1ccc2c(Cl)nc(-c3c(O)cccc3F)nc2c1.Cc1ccc2c(N3CCN(C(=O)[C@H](O)CC(C)C)CC3)nc(-c3c(O)cccc3F)nc2c1. The molecule has 1 saturated heterocycles. The van der Waals surface area contributed by atoms with Gasteiger partial charge in [-0.2, -0.15) is 0 Å². The molecule has 2 aromatic heterocycles. The first-order valence-corrected chi connectivity index (χ1v) is 17.6. The number of aliphatic hydroxyl groups is 1. The van der Waals surface area contributed by atoms with Crippen LogP contribution in [0.15, 0.2) is 72.8 Å². The topological polar surface area (TPSA) is 136 Å². The van der Waals surface area contributed by atoms with Crippen LogP contribution in [0.4, 0.5) is 14.6 Å². The zero-order valence-electron chi connectivity index (χ0n) is 29.7. The van der Waals surface area contributed by atoms with Gasteiger partial charge in [-0.15, -0.1) is 0 Å². The highest BCUT2D eigenvalue weighted by molar-refractivity contribution is 6.34. The molecule has 0 saturated carbocycles. The maximum Gasteiger partial charge on any atom is 0.251 e. The number of amides is 1. The highest BCUT2D eigenvalue weighted by Crippen LogP contribution is 2.35. The van der Waals surface area contributed by atoms with Gasteiger partial charge in [0.05, 0.1) is 22.2 Å². The minimum absolute atomic E-state index is 0.0345. The van der Waals surface area contributed by atoms with E-state index >= 15 is 0 Å². The second-order valence-corrected chi connectivity index (χ2v) is 13.8. The Labute approximate surface area is 310 Å². The van der Waals surface area contributed by atoms with Crippen molar-refractivity contribution in [3.8, 4) is 34.3 Å². The molecule has 0 radical (unpaired) electrons. The monoisotopic (exact) mass is 740 g/mol. The lowest BCUT2D eigenvalue weighted by molar-refractivity contribution is -0.141. The number of piperazine rings is 1. The van der Waals surface area contributed by atoms with Crippen molar-refractivity contribution in [1.29, 1.82) is 0 Å². The molecule has 7 rings (SSSR count). The van der Waals surface area contributed by atoms with Crippen LogP contribution in [0.1, 0.15) is 31.4 Å². The summed E-state index contributed by atoms with van der Waals surface area (Å²) in [5.74, 6) is -0.815. The summed E-state index contributed by atoms with van der Waals surface area (Å²) in [7, 11) is 0. The lowest BCUT2D eigenvalue weighted by Gasteiger charge is -2.37. The Hall–Kier alpha value is -5.46. The number of phenols is 2. The first-order valence-electron chi connectivity index (χ1n) is 17.2. The van der Waals surface area contributed by atoms with Gasteiger partial charge in [0.2, 0.25) is 0 Å². The molecule has 0 spiro atoms. The third kappa shape index (κ3) is 8.13. The van der Waals surface area contributed by atoms with Crippen LogP contribution in [0.25, 0.3) is 44.6 Å². The normalized spacial score (nSPS) is 13.7. The molecule has 13 heteroatoms. The fraction of sp³-hybridized carbons (Fsp3) is 0.275. The Morgan fingerprint density at radius 3 is 1.79 bits per heavy atom. The molecule has 53 heavy (non-hydrogen) atoms. The van der Waals surface area contributed by atoms with Gasteiger partial charge in [0, 0.05) is 37.0 Å². The van der Waals surface area contributed by atoms with E-state index in [1.165, 1.54) is 36.4 Å². The first kappa shape index (κ1) is 37.3. The standard InChI is InChI=1S/C25H29FN4O3.C15H10ClFN2O/c1-15(2)13-21(32)25(33)30-11-9-29(10-12-30)24-17-8-7-16(3)14-19(17)27-23(28-24)22-18(26)5-4-6-20(22)31;1-8-5-6-9-11(7-8)18-15(19-14(9)16)13-10(17)3-2-4-12(13)20/h4-8,14-15,21,31-32H,9-13H2,1-3H3;2-7,20H,1H3/t21-;/m1./s1. The van der Waals surface area contributed by atoms with Crippen LogP contribution in [-0.2, 0) is 4.79 Å². The molecule has 0 bridgehead atoms. The van der Waals surface area contributed by atoms with Crippen LogP contribution in [0.2, 0.25) is 5.15 Å². The molecule has 0 aliphatic carbocycles. The van der Waals surface area contributed by atoms with Gasteiger partial charge < -0.3 is 25.1 Å². The number of rotatable bonds is 6. The van der Waals surface area contributed by atoms with Gasteiger partial charge in [0.25, 0.3) is 5.91 Å². The summed E-state index contributed by atoms with van der Waals surface area (Å²) < 4.78 is 28.4. The number of aliphatic hydroxyl groups excluding tert-OH is 1. The second-order valence-electron chi connectivity index (χ2n) is 13.5. The molecule has 10 nitrogen and oxygen atoms in total. The Kier molecular flexibility index (Phi) is 11.0. The third-order valence-corrected chi connectivity index (χ3v) is 9.23. The van der Waals surface area contributed by atoms with E-state index in [0.29, 0.717) is 54.8 Å². The van der Waals surface area contributed by atoms with Gasteiger partial charge in [-0.1, -0.05) is 49.7 Å². The number of aromatic hydroxyl groups is 2. The van der Waals surface area contributed by atoms with E-state index in [-0.39, 0.29) is 51.3 Å². The molecular weight excluding hydrogens is 702 g/mol. The average molecular weight is 741 g/mol. The summed E-state index contributed by atoms with van der Waals surface area (Å²) in [6, 6.07) is 19.5. The number of fused-ring (bicyclic) bond motifs is 2. The molecule has 274 valence electrons. The number of anilines is 1. The summed E-state index contributed by atoms with van der Waals surface area (Å²) in [5.41, 5.74) is 3.21. The van der Waals surface area contributed by atoms with Crippen molar-refractivity contribution in [2.24, 2.45) is 5.92 Å². The minimum Gasteiger partial charge on any atom is -0.507 e. The quantitative estimate of drug-likeness (QED) is 0.148. The third-order valence-electron chi connectivity index (χ3n) is 8.94. The summed E-state index contributed by atoms with van der Waals surface area (Å²) in [5, 5.41) is 32.0. The number of aromatic nitrogens is 4. The van der Waals surface area contributed by atoms with Crippen LogP contribution in [-0.4, -0.2) is 78.3 Å². The smallest absolute Gasteiger partial charge is 0.251 e. The maximum atomic E-state index is 14.6. The van der Waals surface area contributed by atoms with E-state index in [1.807, 2.05) is 69.0 Å². The predicted octanol–water partition coefficient (Wildman–Crippen LogP) is 7.61. The van der Waals surface area contributed by atoms with E-state index in [0.717, 1.165) is 16.5 Å². The number of benzene rings is 4. The van der Waals surface area contributed by atoms with E-state index in [4.69, 9.17) is 11.6 Å². The number of aryl methyl sites for hydroxylation is 2. The maximum absolute atomic E-state index is 14.6. The Bertz CT molecular complexity index is 2280. The van der Waals surface area contributed by atoms with Gasteiger partial charge >= 0.3 is 0 Å². The Morgan fingerprint density at radius 1 is 0.755 bits per heavy atom. The molecule has 1 aliphatic heterocycles. The van der Waals surface area contributed by atoms with Crippen LogP contribution in [0.5, 0.6) is 11.5 Å². The fourth-order valence-corrected chi connectivity index (χ4v) is 6.49. The zero-order chi connectivity index (χ0) is 38.0. The summed E-state index contributed by atoms with van der Waals surface area (Å²) in [6.45, 7) is 9.76. The molecule has 3 heterocycles. The molecule has 6 aromatic rings. The zero-order valence-corrected chi connectivity index (χ0v) is 30.4. The van der Waals surface area contributed by atoms with Crippen molar-refractivity contribution in [3.63, 3.8) is 0 Å². The van der Waals surface area contributed by atoms with Gasteiger partial charge in [-0.05, 0) is 85.8 Å². The number of halogens is 3. The van der Waals surface area contributed by atoms with Gasteiger partial charge in [0.15, 0.2) is 11.6 Å². The molecule has 1 fully saturated rings. The van der Waals surface area contributed by atoms with E-state index in [9.17, 15) is 28.9 Å². The van der Waals surface area contributed by atoms with Crippen molar-refractivity contribution in [3.05, 3.63) is 101 Å². The fourth-order valence-electron chi connectivity index (χ4n) is 6.25. The molecule has 0 unspecified atom stereocenters. The Balaban J connectivity index is 0.000000204. The van der Waals surface area contributed by atoms with Gasteiger partial charge in [0.1, 0.15) is 40.2 Å². The van der Waals surface area contributed by atoms with Crippen LogP contribution >= 0.6 is 11.6 Å². The predicted molar refractivity (Wildman–Crippen MR) is 202 cm³/mol. The molecule has 1 amide bonds. The minimum atomic E-state index is -0.991. The van der Waals surface area contributed by atoms with E-state index in [1.54, 1.807) is 4.90 Å². The lowest BCUT2D eigenvalue weighted by atomic mass is 10.0. The van der Waals surface area contributed by atoms with Gasteiger partial charge in [-0.25, -0.2) is 28.7 Å². The van der Waals surface area contributed by atoms with Crippen molar-refractivity contribution in [2.75, 3.05) is 31.1 Å². The summed E-state index contributed by atoms with van der Waals surface area (Å²) in [4.78, 5) is 33.9. The molecule has 1 atom stereocenters. The lowest BCUT2D eigenvalue weighted by Crippen LogP contribution is -2.52. The summed E-state index contributed by atoms with van der Waals surface area (Å²) >= 11 is 6.11. The highest BCUT2D eigenvalue weighted by atomic mass is 35.5. The van der Waals surface area contributed by atoms with Crippen LogP contribution < -0.4 is 4.90 Å². The van der Waals surface area contributed by atoms with Crippen molar-refractivity contribution >= 4 is 45.1 Å².